The first-order valence-electron chi connectivity index (χ1n) is 6.68. The van der Waals surface area contributed by atoms with Gasteiger partial charge in [0.15, 0.2) is 0 Å². The first-order chi connectivity index (χ1) is 9.50. The molecule has 2 aromatic carbocycles. The standard InChI is InChI=1S/C17H20N2O/c1-13-7-6-8-14(11-13)12-19-16(20)17(2,18)15-9-4-3-5-10-15/h3-11H,12,18H2,1-2H3,(H,19,20). The SMILES string of the molecule is Cc1cccc(CNC(=O)C(C)(N)c2ccccc2)c1. The molecule has 3 N–H and O–H groups in total. The minimum atomic E-state index is -1.02. The van der Waals surface area contributed by atoms with Crippen molar-refractivity contribution in [2.45, 2.75) is 25.9 Å². The fraction of sp³-hybridized carbons (Fsp3) is 0.235. The summed E-state index contributed by atoms with van der Waals surface area (Å²) >= 11 is 0. The smallest absolute Gasteiger partial charge is 0.244 e. The van der Waals surface area contributed by atoms with Gasteiger partial charge in [-0.2, -0.15) is 0 Å². The van der Waals surface area contributed by atoms with Gasteiger partial charge < -0.3 is 11.1 Å². The fourth-order valence-electron chi connectivity index (χ4n) is 2.10. The molecular weight excluding hydrogens is 248 g/mol. The Morgan fingerprint density at radius 2 is 1.85 bits per heavy atom. The molecule has 0 radical (unpaired) electrons. The van der Waals surface area contributed by atoms with E-state index >= 15 is 0 Å². The number of amides is 1. The van der Waals surface area contributed by atoms with E-state index in [-0.39, 0.29) is 5.91 Å². The molecule has 0 aromatic heterocycles. The lowest BCUT2D eigenvalue weighted by Crippen LogP contribution is -2.48. The second-order valence-electron chi connectivity index (χ2n) is 5.24. The molecule has 0 aliphatic heterocycles. The zero-order valence-electron chi connectivity index (χ0n) is 11.9. The fourth-order valence-corrected chi connectivity index (χ4v) is 2.10. The molecule has 0 bridgehead atoms. The topological polar surface area (TPSA) is 55.1 Å². The summed E-state index contributed by atoms with van der Waals surface area (Å²) in [5, 5.41) is 2.90. The van der Waals surface area contributed by atoms with Crippen LogP contribution in [0.5, 0.6) is 0 Å². The van der Waals surface area contributed by atoms with E-state index < -0.39 is 5.54 Å². The average Bonchev–Trinajstić information content (AvgIpc) is 2.45. The maximum absolute atomic E-state index is 12.3. The molecule has 0 aliphatic carbocycles. The Morgan fingerprint density at radius 3 is 2.50 bits per heavy atom. The summed E-state index contributed by atoms with van der Waals surface area (Å²) in [5.74, 6) is -0.176. The van der Waals surface area contributed by atoms with Gasteiger partial charge in [0.05, 0.1) is 0 Å². The van der Waals surface area contributed by atoms with Crippen LogP contribution in [0, 0.1) is 6.92 Å². The van der Waals surface area contributed by atoms with Crippen LogP contribution in [0.2, 0.25) is 0 Å². The number of hydrogen-bond donors (Lipinski definition) is 2. The Hall–Kier alpha value is -2.13. The first-order valence-corrected chi connectivity index (χ1v) is 6.68. The molecule has 2 rings (SSSR count). The molecule has 0 spiro atoms. The van der Waals surface area contributed by atoms with E-state index in [1.165, 1.54) is 5.56 Å². The minimum Gasteiger partial charge on any atom is -0.350 e. The Morgan fingerprint density at radius 1 is 1.15 bits per heavy atom. The van der Waals surface area contributed by atoms with Crippen LogP contribution >= 0.6 is 0 Å². The van der Waals surface area contributed by atoms with Crippen LogP contribution in [0.3, 0.4) is 0 Å². The van der Waals surface area contributed by atoms with Crippen molar-refractivity contribution in [1.82, 2.24) is 5.32 Å². The van der Waals surface area contributed by atoms with E-state index in [4.69, 9.17) is 5.73 Å². The van der Waals surface area contributed by atoms with Crippen molar-refractivity contribution in [1.29, 1.82) is 0 Å². The number of aryl methyl sites for hydroxylation is 1. The van der Waals surface area contributed by atoms with Crippen molar-refractivity contribution in [2.75, 3.05) is 0 Å². The van der Waals surface area contributed by atoms with Gasteiger partial charge in [-0.25, -0.2) is 0 Å². The van der Waals surface area contributed by atoms with Gasteiger partial charge in [0.2, 0.25) is 5.91 Å². The van der Waals surface area contributed by atoms with Crippen LogP contribution < -0.4 is 11.1 Å². The molecule has 3 heteroatoms. The lowest BCUT2D eigenvalue weighted by atomic mass is 9.92. The van der Waals surface area contributed by atoms with E-state index in [1.54, 1.807) is 6.92 Å². The molecule has 3 nitrogen and oxygen atoms in total. The zero-order valence-corrected chi connectivity index (χ0v) is 11.9. The highest BCUT2D eigenvalue weighted by molar-refractivity contribution is 5.86. The summed E-state index contributed by atoms with van der Waals surface area (Å²) < 4.78 is 0. The minimum absolute atomic E-state index is 0.176. The van der Waals surface area contributed by atoms with Crippen molar-refractivity contribution in [2.24, 2.45) is 5.73 Å². The molecule has 1 atom stereocenters. The van der Waals surface area contributed by atoms with Crippen molar-refractivity contribution < 1.29 is 4.79 Å². The van der Waals surface area contributed by atoms with E-state index in [0.29, 0.717) is 6.54 Å². The Bertz CT molecular complexity index is 591. The predicted molar refractivity (Wildman–Crippen MR) is 81.0 cm³/mol. The Labute approximate surface area is 119 Å². The molecule has 2 aromatic rings. The van der Waals surface area contributed by atoms with Crippen LogP contribution in [-0.2, 0) is 16.9 Å². The lowest BCUT2D eigenvalue weighted by Gasteiger charge is -2.24. The molecule has 0 saturated heterocycles. The highest BCUT2D eigenvalue weighted by Crippen LogP contribution is 2.17. The third-order valence-electron chi connectivity index (χ3n) is 3.38. The highest BCUT2D eigenvalue weighted by Gasteiger charge is 2.29. The molecular formula is C17H20N2O. The number of carbonyl (C=O) groups is 1. The summed E-state index contributed by atoms with van der Waals surface area (Å²) in [5.41, 5.74) is 8.20. The van der Waals surface area contributed by atoms with Gasteiger partial charge in [-0.3, -0.25) is 4.79 Å². The van der Waals surface area contributed by atoms with Crippen LogP contribution in [0.25, 0.3) is 0 Å². The van der Waals surface area contributed by atoms with Crippen LogP contribution in [0.4, 0.5) is 0 Å². The summed E-state index contributed by atoms with van der Waals surface area (Å²) in [4.78, 5) is 12.3. The Balaban J connectivity index is 2.05. The molecule has 1 unspecified atom stereocenters. The molecule has 0 fully saturated rings. The largest absolute Gasteiger partial charge is 0.350 e. The monoisotopic (exact) mass is 268 g/mol. The number of carbonyl (C=O) groups excluding carboxylic acids is 1. The molecule has 104 valence electrons. The molecule has 0 aliphatic rings. The maximum Gasteiger partial charge on any atom is 0.244 e. The van der Waals surface area contributed by atoms with Crippen molar-refractivity contribution in [3.63, 3.8) is 0 Å². The zero-order chi connectivity index (χ0) is 14.6. The maximum atomic E-state index is 12.3. The second kappa shape index (κ2) is 5.88. The predicted octanol–water partition coefficient (Wildman–Crippen LogP) is 2.49. The normalized spacial score (nSPS) is 13.6. The highest BCUT2D eigenvalue weighted by atomic mass is 16.2. The van der Waals surface area contributed by atoms with Crippen LogP contribution in [0.1, 0.15) is 23.6 Å². The Kier molecular flexibility index (Phi) is 4.20. The summed E-state index contributed by atoms with van der Waals surface area (Å²) in [6, 6.07) is 17.5. The third kappa shape index (κ3) is 3.25. The van der Waals surface area contributed by atoms with Crippen LogP contribution in [0.15, 0.2) is 54.6 Å². The van der Waals surface area contributed by atoms with Crippen molar-refractivity contribution in [3.05, 3.63) is 71.3 Å². The van der Waals surface area contributed by atoms with Gasteiger partial charge in [0, 0.05) is 6.54 Å². The van der Waals surface area contributed by atoms with E-state index in [2.05, 4.69) is 11.4 Å². The van der Waals surface area contributed by atoms with E-state index in [0.717, 1.165) is 11.1 Å². The van der Waals surface area contributed by atoms with Gasteiger partial charge in [0.25, 0.3) is 0 Å². The molecule has 0 saturated carbocycles. The summed E-state index contributed by atoms with van der Waals surface area (Å²) in [6.07, 6.45) is 0. The number of rotatable bonds is 4. The van der Waals surface area contributed by atoms with E-state index in [9.17, 15) is 4.79 Å². The summed E-state index contributed by atoms with van der Waals surface area (Å²) in [7, 11) is 0. The van der Waals surface area contributed by atoms with Gasteiger partial charge in [-0.05, 0) is 25.0 Å². The second-order valence-corrected chi connectivity index (χ2v) is 5.24. The van der Waals surface area contributed by atoms with Crippen molar-refractivity contribution >= 4 is 5.91 Å². The van der Waals surface area contributed by atoms with Gasteiger partial charge in [-0.15, -0.1) is 0 Å². The lowest BCUT2D eigenvalue weighted by molar-refractivity contribution is -0.126. The number of benzene rings is 2. The molecule has 0 heterocycles. The quantitative estimate of drug-likeness (QED) is 0.895. The van der Waals surface area contributed by atoms with E-state index in [1.807, 2.05) is 55.5 Å². The number of hydrogen-bond acceptors (Lipinski definition) is 2. The van der Waals surface area contributed by atoms with Gasteiger partial charge in [0.1, 0.15) is 5.54 Å². The summed E-state index contributed by atoms with van der Waals surface area (Å²) in [6.45, 7) is 4.25. The van der Waals surface area contributed by atoms with Crippen molar-refractivity contribution in [3.8, 4) is 0 Å². The number of nitrogens with one attached hydrogen (secondary N) is 1. The number of nitrogens with two attached hydrogens (primary N) is 1. The average molecular weight is 268 g/mol. The van der Waals surface area contributed by atoms with Gasteiger partial charge >= 0.3 is 0 Å². The third-order valence-corrected chi connectivity index (χ3v) is 3.38. The molecule has 1 amide bonds. The van der Waals surface area contributed by atoms with Gasteiger partial charge in [-0.1, -0.05) is 60.2 Å². The first kappa shape index (κ1) is 14.3. The molecule has 20 heavy (non-hydrogen) atoms. The van der Waals surface area contributed by atoms with Crippen LogP contribution in [-0.4, -0.2) is 5.91 Å².